The summed E-state index contributed by atoms with van der Waals surface area (Å²) in [6.45, 7) is 14.0. The quantitative estimate of drug-likeness (QED) is 0.528. The molecular formula is C28H40N4O3S. The van der Waals surface area contributed by atoms with Crippen molar-refractivity contribution in [3.05, 3.63) is 41.0 Å². The maximum atomic E-state index is 13.5. The molecule has 8 heteroatoms. The molecule has 1 aliphatic rings. The molecule has 0 aliphatic carbocycles. The summed E-state index contributed by atoms with van der Waals surface area (Å²) in [5, 5.41) is 6.05. The van der Waals surface area contributed by atoms with Crippen molar-refractivity contribution in [2.45, 2.75) is 85.9 Å². The fourth-order valence-corrected chi connectivity index (χ4v) is 5.60. The summed E-state index contributed by atoms with van der Waals surface area (Å²) in [6, 6.07) is 6.95. The molecular weight excluding hydrogens is 472 g/mol. The highest BCUT2D eigenvalue weighted by molar-refractivity contribution is 7.13. The molecule has 3 rings (SSSR count). The van der Waals surface area contributed by atoms with Gasteiger partial charge in [-0.15, -0.1) is 11.3 Å². The lowest BCUT2D eigenvalue weighted by molar-refractivity contribution is -0.143. The first-order chi connectivity index (χ1) is 16.9. The van der Waals surface area contributed by atoms with Gasteiger partial charge in [0.1, 0.15) is 12.1 Å². The smallest absolute Gasteiger partial charge is 0.246 e. The number of rotatable bonds is 8. The zero-order valence-electron chi connectivity index (χ0n) is 22.6. The molecule has 3 atom stereocenters. The number of nitrogens with one attached hydrogen (secondary N) is 2. The summed E-state index contributed by atoms with van der Waals surface area (Å²) in [6.07, 6.45) is 2.17. The molecule has 1 fully saturated rings. The van der Waals surface area contributed by atoms with Gasteiger partial charge in [-0.3, -0.25) is 14.4 Å². The third-order valence-corrected chi connectivity index (χ3v) is 7.62. The number of carbonyl (C=O) groups excluding carboxylic acids is 3. The zero-order chi connectivity index (χ0) is 26.6. The Morgan fingerprint density at radius 2 is 1.81 bits per heavy atom. The minimum atomic E-state index is -0.683. The van der Waals surface area contributed by atoms with Crippen LogP contribution in [0.2, 0.25) is 0 Å². The summed E-state index contributed by atoms with van der Waals surface area (Å²) >= 11 is 1.62. The van der Waals surface area contributed by atoms with Crippen molar-refractivity contribution in [2.24, 2.45) is 11.3 Å². The Hall–Kier alpha value is -2.74. The molecule has 0 radical (unpaired) electrons. The van der Waals surface area contributed by atoms with Gasteiger partial charge in [0.25, 0.3) is 0 Å². The average molecular weight is 513 g/mol. The van der Waals surface area contributed by atoms with Crippen LogP contribution in [0.3, 0.4) is 0 Å². The number of thiazole rings is 1. The van der Waals surface area contributed by atoms with E-state index < -0.39 is 17.5 Å². The van der Waals surface area contributed by atoms with Gasteiger partial charge >= 0.3 is 0 Å². The molecule has 1 aromatic carbocycles. The number of aromatic nitrogens is 1. The summed E-state index contributed by atoms with van der Waals surface area (Å²) < 4.78 is 0. The topological polar surface area (TPSA) is 91.4 Å². The number of carbonyl (C=O) groups is 3. The molecule has 1 saturated heterocycles. The third kappa shape index (κ3) is 6.72. The number of likely N-dealkylation sites (tertiary alicyclic amines) is 1. The first kappa shape index (κ1) is 27.8. The van der Waals surface area contributed by atoms with Gasteiger partial charge in [0.05, 0.1) is 22.1 Å². The second-order valence-corrected chi connectivity index (χ2v) is 12.1. The van der Waals surface area contributed by atoms with Crippen LogP contribution in [0.5, 0.6) is 0 Å². The number of amides is 3. The van der Waals surface area contributed by atoms with Gasteiger partial charge in [-0.2, -0.15) is 0 Å². The van der Waals surface area contributed by atoms with E-state index in [1.807, 2.05) is 33.2 Å². The highest BCUT2D eigenvalue weighted by atomic mass is 32.1. The second kappa shape index (κ2) is 11.5. The van der Waals surface area contributed by atoms with Crippen molar-refractivity contribution < 1.29 is 14.4 Å². The van der Waals surface area contributed by atoms with Crippen LogP contribution in [0.4, 0.5) is 0 Å². The van der Waals surface area contributed by atoms with Crippen molar-refractivity contribution in [3.8, 4) is 10.4 Å². The van der Waals surface area contributed by atoms with Crippen LogP contribution in [-0.4, -0.2) is 46.2 Å². The summed E-state index contributed by atoms with van der Waals surface area (Å²) in [5.41, 5.74) is 4.56. The Labute approximate surface area is 219 Å². The van der Waals surface area contributed by atoms with E-state index in [1.165, 1.54) is 6.92 Å². The van der Waals surface area contributed by atoms with Crippen molar-refractivity contribution >= 4 is 29.1 Å². The van der Waals surface area contributed by atoms with Gasteiger partial charge in [0.15, 0.2) is 0 Å². The number of benzene rings is 1. The van der Waals surface area contributed by atoms with Gasteiger partial charge in [-0.05, 0) is 48.6 Å². The molecule has 2 N–H and O–H groups in total. The van der Waals surface area contributed by atoms with Crippen molar-refractivity contribution in [2.75, 3.05) is 6.54 Å². The lowest BCUT2D eigenvalue weighted by Gasteiger charge is -2.35. The lowest BCUT2D eigenvalue weighted by atomic mass is 9.85. The van der Waals surface area contributed by atoms with E-state index in [9.17, 15) is 14.4 Å². The molecule has 1 aromatic heterocycles. The van der Waals surface area contributed by atoms with Crippen LogP contribution in [0.1, 0.15) is 78.1 Å². The maximum absolute atomic E-state index is 13.5. The predicted molar refractivity (Wildman–Crippen MR) is 144 cm³/mol. The molecule has 2 aromatic rings. The first-order valence-electron chi connectivity index (χ1n) is 12.8. The maximum Gasteiger partial charge on any atom is 0.246 e. The van der Waals surface area contributed by atoms with Gasteiger partial charge in [0, 0.05) is 13.5 Å². The standard InChI is InChI=1S/C28H40N4O3S/c1-17(2)15-22(20-10-12-21(13-11-20)24-18(3)29-16-36-24)31-26(34)23-9-8-14-32(23)27(35)25(28(5,6)7)30-19(4)33/h10-13,16-17,22-23,25H,8-9,14-15H2,1-7H3,(H,30,33)(H,31,34). The van der Waals surface area contributed by atoms with Crippen LogP contribution < -0.4 is 10.6 Å². The van der Waals surface area contributed by atoms with E-state index in [4.69, 9.17) is 0 Å². The van der Waals surface area contributed by atoms with E-state index in [1.54, 1.807) is 16.2 Å². The Morgan fingerprint density at radius 3 is 2.33 bits per heavy atom. The van der Waals surface area contributed by atoms with E-state index in [0.717, 1.165) is 34.5 Å². The van der Waals surface area contributed by atoms with Crippen LogP contribution in [0.15, 0.2) is 29.8 Å². The van der Waals surface area contributed by atoms with E-state index in [-0.39, 0.29) is 23.8 Å². The second-order valence-electron chi connectivity index (χ2n) is 11.3. The third-order valence-electron chi connectivity index (χ3n) is 6.64. The average Bonchev–Trinajstić information content (AvgIpc) is 3.45. The Kier molecular flexibility index (Phi) is 8.93. The highest BCUT2D eigenvalue weighted by Gasteiger charge is 2.41. The Balaban J connectivity index is 1.78. The monoisotopic (exact) mass is 512 g/mol. The van der Waals surface area contributed by atoms with Crippen LogP contribution in [0.25, 0.3) is 10.4 Å². The number of aryl methyl sites for hydroxylation is 1. The van der Waals surface area contributed by atoms with Crippen LogP contribution in [-0.2, 0) is 14.4 Å². The first-order valence-corrected chi connectivity index (χ1v) is 13.6. The fraction of sp³-hybridized carbons (Fsp3) is 0.571. The Morgan fingerprint density at radius 1 is 1.14 bits per heavy atom. The fourth-order valence-electron chi connectivity index (χ4n) is 4.78. The molecule has 7 nitrogen and oxygen atoms in total. The summed E-state index contributed by atoms with van der Waals surface area (Å²) in [4.78, 5) is 45.9. The lowest BCUT2D eigenvalue weighted by Crippen LogP contribution is -2.57. The number of hydrogen-bond donors (Lipinski definition) is 2. The van der Waals surface area contributed by atoms with Gasteiger partial charge < -0.3 is 15.5 Å². The Bertz CT molecular complexity index is 1070. The molecule has 0 bridgehead atoms. The molecule has 2 heterocycles. The van der Waals surface area contributed by atoms with Gasteiger partial charge in [-0.1, -0.05) is 58.9 Å². The van der Waals surface area contributed by atoms with Crippen molar-refractivity contribution in [3.63, 3.8) is 0 Å². The number of nitrogens with zero attached hydrogens (tertiary/aromatic N) is 2. The molecule has 3 unspecified atom stereocenters. The zero-order valence-corrected chi connectivity index (χ0v) is 23.4. The highest BCUT2D eigenvalue weighted by Crippen LogP contribution is 2.31. The van der Waals surface area contributed by atoms with Crippen LogP contribution in [0, 0.1) is 18.3 Å². The van der Waals surface area contributed by atoms with Crippen molar-refractivity contribution in [1.29, 1.82) is 0 Å². The minimum absolute atomic E-state index is 0.135. The molecule has 196 valence electrons. The normalized spacial score (nSPS) is 17.7. The van der Waals surface area contributed by atoms with E-state index in [2.05, 4.69) is 53.7 Å². The molecule has 1 aliphatic heterocycles. The number of hydrogen-bond acceptors (Lipinski definition) is 5. The van der Waals surface area contributed by atoms with E-state index >= 15 is 0 Å². The van der Waals surface area contributed by atoms with Crippen LogP contribution >= 0.6 is 11.3 Å². The molecule has 3 amide bonds. The van der Waals surface area contributed by atoms with E-state index in [0.29, 0.717) is 18.9 Å². The molecule has 0 saturated carbocycles. The summed E-state index contributed by atoms with van der Waals surface area (Å²) in [5.74, 6) is -0.202. The molecule has 36 heavy (non-hydrogen) atoms. The SMILES string of the molecule is CC(=O)NC(C(=O)N1CCCC1C(=O)NC(CC(C)C)c1ccc(-c2scnc2C)cc1)C(C)(C)C. The van der Waals surface area contributed by atoms with Crippen molar-refractivity contribution in [1.82, 2.24) is 20.5 Å². The largest absolute Gasteiger partial charge is 0.347 e. The minimum Gasteiger partial charge on any atom is -0.347 e. The summed E-state index contributed by atoms with van der Waals surface area (Å²) in [7, 11) is 0. The van der Waals surface area contributed by atoms with Gasteiger partial charge in [0.2, 0.25) is 17.7 Å². The molecule has 0 spiro atoms. The predicted octanol–water partition coefficient (Wildman–Crippen LogP) is 4.86. The van der Waals surface area contributed by atoms with Gasteiger partial charge in [-0.25, -0.2) is 4.98 Å².